The molecule has 9 aromatic rings. The Kier molecular flexibility index (Phi) is 6.54. The van der Waals surface area contributed by atoms with Crippen LogP contribution in [0.1, 0.15) is 16.7 Å². The van der Waals surface area contributed by atoms with E-state index in [9.17, 15) is 5.41 Å². The zero-order valence-corrected chi connectivity index (χ0v) is 25.7. The molecule has 0 saturated heterocycles. The van der Waals surface area contributed by atoms with E-state index in [2.05, 4.69) is 66.7 Å². The number of para-hydroxylation sites is 2. The van der Waals surface area contributed by atoms with Crippen molar-refractivity contribution in [1.29, 1.82) is 5.41 Å². The zero-order valence-electron chi connectivity index (χ0n) is 25.7. The Hall–Kier alpha value is -6.59. The summed E-state index contributed by atoms with van der Waals surface area (Å²) in [5, 5.41) is 15.3. The highest BCUT2D eigenvalue weighted by Crippen LogP contribution is 2.33. The van der Waals surface area contributed by atoms with Gasteiger partial charge >= 0.3 is 0 Å². The Morgan fingerprint density at radius 3 is 2.00 bits per heavy atom. The molecule has 0 fully saturated rings. The first kappa shape index (κ1) is 27.7. The zero-order chi connectivity index (χ0) is 32.0. The number of benzene rings is 7. The van der Waals surface area contributed by atoms with Crippen LogP contribution in [0.15, 0.2) is 170 Å². The number of nitrogens with zero attached hydrogens (tertiary/aromatic N) is 2. The van der Waals surface area contributed by atoms with Crippen LogP contribution in [-0.2, 0) is 0 Å². The highest BCUT2D eigenvalue weighted by Gasteiger charge is 2.16. The van der Waals surface area contributed by atoms with Crippen molar-refractivity contribution in [3.8, 4) is 11.1 Å². The van der Waals surface area contributed by atoms with Gasteiger partial charge in [0.05, 0.1) is 0 Å². The highest BCUT2D eigenvalue weighted by atomic mass is 16.3. The van der Waals surface area contributed by atoms with Crippen LogP contribution in [0.2, 0.25) is 0 Å². The van der Waals surface area contributed by atoms with Crippen molar-refractivity contribution in [3.63, 3.8) is 0 Å². The third-order valence-electron chi connectivity index (χ3n) is 8.88. The largest absolute Gasteiger partial charge is 0.456 e. The van der Waals surface area contributed by atoms with Gasteiger partial charge in [-0.15, -0.1) is 0 Å². The lowest BCUT2D eigenvalue weighted by Gasteiger charge is -2.10. The van der Waals surface area contributed by atoms with E-state index in [4.69, 9.17) is 18.8 Å². The number of hydrogen-bond acceptors (Lipinski definition) is 3. The molecule has 48 heavy (non-hydrogen) atoms. The molecule has 2 aromatic heterocycles. The summed E-state index contributed by atoms with van der Waals surface area (Å²) < 4.78 is 12.2. The summed E-state index contributed by atoms with van der Waals surface area (Å²) in [5.41, 5.74) is 7.85. The predicted octanol–water partition coefficient (Wildman–Crippen LogP) is 11.2. The van der Waals surface area contributed by atoms with Gasteiger partial charge < -0.3 is 8.83 Å². The SMILES string of the molecule is N=C(N=C(N=Cc1ccc(-c2ccccc2)c2ccccc12)c1ccc2oc3ccccc3c2c1)c1cccc2oc3ccccc3c12. The number of hydrogen-bond donors (Lipinski definition) is 1. The van der Waals surface area contributed by atoms with Crippen LogP contribution in [0.4, 0.5) is 0 Å². The summed E-state index contributed by atoms with van der Waals surface area (Å²) in [6, 6.07) is 50.6. The maximum atomic E-state index is 9.29. The molecule has 1 N–H and O–H groups in total. The van der Waals surface area contributed by atoms with E-state index in [-0.39, 0.29) is 5.84 Å². The molecule has 0 radical (unpaired) electrons. The molecule has 226 valence electrons. The van der Waals surface area contributed by atoms with E-state index >= 15 is 0 Å². The molecule has 2 heterocycles. The van der Waals surface area contributed by atoms with Crippen molar-refractivity contribution >= 4 is 72.5 Å². The van der Waals surface area contributed by atoms with Crippen molar-refractivity contribution in [2.24, 2.45) is 9.98 Å². The Morgan fingerprint density at radius 1 is 0.521 bits per heavy atom. The van der Waals surface area contributed by atoms with Crippen LogP contribution in [0.25, 0.3) is 65.8 Å². The number of furan rings is 2. The molecule has 9 rings (SSSR count). The predicted molar refractivity (Wildman–Crippen MR) is 198 cm³/mol. The van der Waals surface area contributed by atoms with Gasteiger partial charge in [-0.25, -0.2) is 9.98 Å². The van der Waals surface area contributed by atoms with Crippen LogP contribution >= 0.6 is 0 Å². The number of rotatable bonds is 4. The first-order chi connectivity index (χ1) is 23.7. The summed E-state index contributed by atoms with van der Waals surface area (Å²) >= 11 is 0. The summed E-state index contributed by atoms with van der Waals surface area (Å²) in [6.07, 6.45) is 1.86. The number of nitrogens with one attached hydrogen (secondary N) is 1. The van der Waals surface area contributed by atoms with Gasteiger partial charge in [-0.1, -0.05) is 115 Å². The first-order valence-corrected chi connectivity index (χ1v) is 15.8. The molecular weight excluding hydrogens is 590 g/mol. The van der Waals surface area contributed by atoms with Gasteiger partial charge in [0.1, 0.15) is 22.3 Å². The van der Waals surface area contributed by atoms with Crippen LogP contribution < -0.4 is 0 Å². The number of amidine groups is 2. The van der Waals surface area contributed by atoms with E-state index < -0.39 is 0 Å². The fraction of sp³-hybridized carbons (Fsp3) is 0. The van der Waals surface area contributed by atoms with Crippen molar-refractivity contribution in [2.45, 2.75) is 0 Å². The van der Waals surface area contributed by atoms with Gasteiger partial charge in [0.15, 0.2) is 11.7 Å². The lowest BCUT2D eigenvalue weighted by molar-refractivity contribution is 0.668. The Bertz CT molecular complexity index is 2750. The van der Waals surface area contributed by atoms with E-state index in [0.29, 0.717) is 11.4 Å². The average Bonchev–Trinajstić information content (AvgIpc) is 3.71. The molecule has 0 amide bonds. The maximum absolute atomic E-state index is 9.29. The molecule has 0 aliphatic rings. The van der Waals surface area contributed by atoms with E-state index in [1.54, 1.807) is 0 Å². The van der Waals surface area contributed by atoms with Crippen LogP contribution in [0.3, 0.4) is 0 Å². The van der Waals surface area contributed by atoms with E-state index in [1.807, 2.05) is 91.1 Å². The lowest BCUT2D eigenvalue weighted by Crippen LogP contribution is -2.05. The Balaban J connectivity index is 1.21. The van der Waals surface area contributed by atoms with E-state index in [0.717, 1.165) is 76.9 Å². The highest BCUT2D eigenvalue weighted by molar-refractivity contribution is 6.22. The first-order valence-electron chi connectivity index (χ1n) is 15.8. The van der Waals surface area contributed by atoms with Crippen molar-refractivity contribution in [2.75, 3.05) is 0 Å². The van der Waals surface area contributed by atoms with Crippen LogP contribution in [0.5, 0.6) is 0 Å². The second kappa shape index (κ2) is 11.3. The molecule has 0 atom stereocenters. The van der Waals surface area contributed by atoms with Gasteiger partial charge in [-0.2, -0.15) is 0 Å². The minimum Gasteiger partial charge on any atom is -0.456 e. The van der Waals surface area contributed by atoms with Gasteiger partial charge in [-0.3, -0.25) is 5.41 Å². The Labute approximate surface area is 275 Å². The molecule has 7 aromatic carbocycles. The van der Waals surface area contributed by atoms with Gasteiger partial charge in [0.25, 0.3) is 0 Å². The standard InChI is InChI=1S/C43H27N3O2/c44-42(35-17-10-20-40-41(35)34-16-7-9-19-38(34)48-40)46-43(28-22-24-39-36(25-28)33-15-6-8-18-37(33)47-39)45-26-29-21-23-31(27-11-2-1-3-12-27)32-14-5-4-13-30(29)32/h1-26,44H. The summed E-state index contributed by atoms with van der Waals surface area (Å²) in [4.78, 5) is 9.93. The molecule has 0 unspecified atom stereocenters. The smallest absolute Gasteiger partial charge is 0.161 e. The molecule has 0 spiro atoms. The normalized spacial score (nSPS) is 12.3. The fourth-order valence-electron chi connectivity index (χ4n) is 6.61. The van der Waals surface area contributed by atoms with Gasteiger partial charge in [0, 0.05) is 44.4 Å². The fourth-order valence-corrected chi connectivity index (χ4v) is 6.61. The summed E-state index contributed by atoms with van der Waals surface area (Å²) in [7, 11) is 0. The molecule has 5 heteroatoms. The van der Waals surface area contributed by atoms with Gasteiger partial charge in [-0.05, 0) is 58.3 Å². The third kappa shape index (κ3) is 4.68. The summed E-state index contributed by atoms with van der Waals surface area (Å²) in [5.74, 6) is 0.522. The monoisotopic (exact) mass is 617 g/mol. The summed E-state index contributed by atoms with van der Waals surface area (Å²) in [6.45, 7) is 0. The van der Waals surface area contributed by atoms with Gasteiger partial charge in [0.2, 0.25) is 0 Å². The average molecular weight is 618 g/mol. The molecule has 0 aliphatic heterocycles. The quantitative estimate of drug-likeness (QED) is 0.158. The third-order valence-corrected chi connectivity index (χ3v) is 8.88. The minimum atomic E-state index is 0.0979. The minimum absolute atomic E-state index is 0.0979. The molecule has 0 bridgehead atoms. The molecule has 0 aliphatic carbocycles. The molecule has 0 saturated carbocycles. The lowest BCUT2D eigenvalue weighted by atomic mass is 9.95. The maximum Gasteiger partial charge on any atom is 0.161 e. The molecular formula is C43H27N3O2. The van der Waals surface area contributed by atoms with Crippen molar-refractivity contribution < 1.29 is 8.83 Å². The second-order valence-corrected chi connectivity index (χ2v) is 11.7. The number of aliphatic imine (C=N–C) groups is 2. The second-order valence-electron chi connectivity index (χ2n) is 11.7. The Morgan fingerprint density at radius 2 is 1.17 bits per heavy atom. The van der Waals surface area contributed by atoms with Crippen molar-refractivity contribution in [1.82, 2.24) is 0 Å². The van der Waals surface area contributed by atoms with E-state index in [1.165, 1.54) is 0 Å². The van der Waals surface area contributed by atoms with Crippen LogP contribution in [0, 0.1) is 5.41 Å². The topological polar surface area (TPSA) is 74.8 Å². The van der Waals surface area contributed by atoms with Crippen LogP contribution in [-0.4, -0.2) is 17.9 Å². The number of fused-ring (bicyclic) bond motifs is 7. The van der Waals surface area contributed by atoms with Crippen molar-refractivity contribution in [3.05, 3.63) is 168 Å². The molecule has 5 nitrogen and oxygen atoms in total.